The highest BCUT2D eigenvalue weighted by Gasteiger charge is 2.47. The molecule has 0 fully saturated rings. The van der Waals surface area contributed by atoms with Gasteiger partial charge >= 0.3 is 12.2 Å². The number of amides is 3. The van der Waals surface area contributed by atoms with Crippen molar-refractivity contribution in [2.75, 3.05) is 13.1 Å². The van der Waals surface area contributed by atoms with Crippen LogP contribution < -0.4 is 16.0 Å². The second-order valence-electron chi connectivity index (χ2n) is 16.3. The first kappa shape index (κ1) is 42.8. The Balaban J connectivity index is 2.02. The standard InChI is InChI=1S/C39H58ClFN4O6Si/c1-23(2)52(24(3)4,25(5)6)51-28(22-43-36(47)49-38(7,8)9)20-27(44-37(48)50-39(10,11)12)21-42-35(46)34-33(29-15-13-14-16-31(29)40)30-19-26(41)17-18-32(30)45-34/h13-19,23-25,27-28,45H,20-22H2,1-12H3,(H,42,46)(H,43,47)(H,44,48)/t27-,28?/m0/s1. The minimum absolute atomic E-state index is 0.0182. The predicted octanol–water partition coefficient (Wildman–Crippen LogP) is 9.73. The molecule has 1 unspecified atom stereocenters. The molecule has 13 heteroatoms. The Hall–Kier alpha value is -3.61. The number of H-pyrrole nitrogens is 1. The van der Waals surface area contributed by atoms with Gasteiger partial charge in [-0.05, 0) is 88.9 Å². The molecule has 2 atom stereocenters. The molecule has 0 saturated carbocycles. The average Bonchev–Trinajstić information content (AvgIpc) is 3.37. The summed E-state index contributed by atoms with van der Waals surface area (Å²) in [6, 6.07) is 10.6. The molecule has 3 aromatic rings. The van der Waals surface area contributed by atoms with E-state index in [-0.39, 0.29) is 41.8 Å². The maximum absolute atomic E-state index is 14.5. The fourth-order valence-electron chi connectivity index (χ4n) is 6.95. The fourth-order valence-corrected chi connectivity index (χ4v) is 12.8. The van der Waals surface area contributed by atoms with E-state index in [1.54, 1.807) is 71.9 Å². The normalized spacial score (nSPS) is 13.7. The number of aromatic nitrogens is 1. The zero-order valence-electron chi connectivity index (χ0n) is 32.8. The summed E-state index contributed by atoms with van der Waals surface area (Å²) in [5, 5.41) is 9.68. The number of nitrogens with one attached hydrogen (secondary N) is 4. The molecule has 0 aliphatic carbocycles. The van der Waals surface area contributed by atoms with E-state index in [2.05, 4.69) is 62.5 Å². The molecule has 288 valence electrons. The lowest BCUT2D eigenvalue weighted by atomic mass is 10.0. The average molecular weight is 761 g/mol. The first-order valence-electron chi connectivity index (χ1n) is 18.0. The molecule has 0 aliphatic rings. The Kier molecular flexibility index (Phi) is 14.4. The first-order valence-corrected chi connectivity index (χ1v) is 20.5. The van der Waals surface area contributed by atoms with Crippen LogP contribution in [-0.4, -0.2) is 67.8 Å². The van der Waals surface area contributed by atoms with Gasteiger partial charge in [-0.2, -0.15) is 0 Å². The fraction of sp³-hybridized carbons (Fsp3) is 0.564. The van der Waals surface area contributed by atoms with E-state index in [0.29, 0.717) is 27.1 Å². The second-order valence-corrected chi connectivity index (χ2v) is 22.1. The van der Waals surface area contributed by atoms with Gasteiger partial charge in [0.05, 0.1) is 12.1 Å². The van der Waals surface area contributed by atoms with E-state index in [0.717, 1.165) is 0 Å². The summed E-state index contributed by atoms with van der Waals surface area (Å²) in [5.41, 5.74) is 1.02. The molecule has 0 spiro atoms. The van der Waals surface area contributed by atoms with Gasteiger partial charge in [0.25, 0.3) is 5.91 Å². The number of alkyl carbamates (subject to hydrolysis) is 2. The summed E-state index contributed by atoms with van der Waals surface area (Å²) in [5.74, 6) is -0.939. The molecule has 0 saturated heterocycles. The number of fused-ring (bicyclic) bond motifs is 1. The molecular formula is C39H58ClFN4O6Si. The van der Waals surface area contributed by atoms with Crippen LogP contribution in [-0.2, 0) is 13.9 Å². The lowest BCUT2D eigenvalue weighted by molar-refractivity contribution is 0.0442. The molecule has 0 radical (unpaired) electrons. The highest BCUT2D eigenvalue weighted by atomic mass is 35.5. The summed E-state index contributed by atoms with van der Waals surface area (Å²) in [7, 11) is -2.50. The third-order valence-electron chi connectivity index (χ3n) is 8.86. The van der Waals surface area contributed by atoms with Crippen LogP contribution in [0.2, 0.25) is 21.6 Å². The predicted molar refractivity (Wildman–Crippen MR) is 209 cm³/mol. The van der Waals surface area contributed by atoms with Crippen LogP contribution in [0.25, 0.3) is 22.0 Å². The highest BCUT2D eigenvalue weighted by molar-refractivity contribution is 6.77. The van der Waals surface area contributed by atoms with Crippen molar-refractivity contribution in [1.29, 1.82) is 0 Å². The van der Waals surface area contributed by atoms with Crippen LogP contribution in [0.4, 0.5) is 14.0 Å². The molecule has 3 rings (SSSR count). The number of hydrogen-bond donors (Lipinski definition) is 4. The Bertz CT molecular complexity index is 1680. The van der Waals surface area contributed by atoms with Crippen molar-refractivity contribution in [3.05, 3.63) is 59.0 Å². The summed E-state index contributed by atoms with van der Waals surface area (Å²) in [4.78, 5) is 43.2. The molecule has 1 aromatic heterocycles. The van der Waals surface area contributed by atoms with Gasteiger partial charge in [0, 0.05) is 40.1 Å². The van der Waals surface area contributed by atoms with Crippen molar-refractivity contribution >= 4 is 48.9 Å². The van der Waals surface area contributed by atoms with E-state index in [1.807, 2.05) is 0 Å². The smallest absolute Gasteiger partial charge is 0.407 e. The minimum atomic E-state index is -2.50. The zero-order valence-corrected chi connectivity index (χ0v) is 34.5. The second kappa shape index (κ2) is 17.5. The molecule has 4 N–H and O–H groups in total. The molecule has 52 heavy (non-hydrogen) atoms. The maximum atomic E-state index is 14.5. The largest absolute Gasteiger partial charge is 0.444 e. The Labute approximate surface area is 314 Å². The number of hydrogen-bond acceptors (Lipinski definition) is 6. The van der Waals surface area contributed by atoms with Crippen molar-refractivity contribution in [3.8, 4) is 11.1 Å². The van der Waals surface area contributed by atoms with E-state index >= 15 is 0 Å². The maximum Gasteiger partial charge on any atom is 0.407 e. The third-order valence-corrected chi connectivity index (χ3v) is 15.3. The Morgan fingerprint density at radius 1 is 0.827 bits per heavy atom. The number of benzene rings is 2. The molecule has 1 heterocycles. The number of carbonyl (C=O) groups excluding carboxylic acids is 3. The van der Waals surface area contributed by atoms with Gasteiger partial charge < -0.3 is 34.8 Å². The molecule has 0 bridgehead atoms. The van der Waals surface area contributed by atoms with E-state index < -0.39 is 55.6 Å². The van der Waals surface area contributed by atoms with Crippen LogP contribution in [0.5, 0.6) is 0 Å². The Morgan fingerprint density at radius 2 is 1.40 bits per heavy atom. The molecule has 2 aromatic carbocycles. The molecule has 0 aliphatic heterocycles. The minimum Gasteiger partial charge on any atom is -0.444 e. The first-order chi connectivity index (χ1) is 24.0. The molecule has 3 amide bonds. The van der Waals surface area contributed by atoms with Gasteiger partial charge in [0.15, 0.2) is 0 Å². The molecular weight excluding hydrogens is 703 g/mol. The Morgan fingerprint density at radius 3 is 1.96 bits per heavy atom. The lowest BCUT2D eigenvalue weighted by Gasteiger charge is -2.45. The van der Waals surface area contributed by atoms with E-state index in [4.69, 9.17) is 25.5 Å². The van der Waals surface area contributed by atoms with Crippen LogP contribution in [0.1, 0.15) is 100.0 Å². The van der Waals surface area contributed by atoms with Crippen LogP contribution in [0.3, 0.4) is 0 Å². The lowest BCUT2D eigenvalue weighted by Crippen LogP contribution is -2.55. The van der Waals surface area contributed by atoms with E-state index in [1.165, 1.54) is 12.1 Å². The molecule has 10 nitrogen and oxygen atoms in total. The van der Waals surface area contributed by atoms with Gasteiger partial charge in [0.2, 0.25) is 8.32 Å². The third kappa shape index (κ3) is 11.4. The van der Waals surface area contributed by atoms with Gasteiger partial charge in [-0.3, -0.25) is 4.79 Å². The van der Waals surface area contributed by atoms with Crippen molar-refractivity contribution in [1.82, 2.24) is 20.9 Å². The van der Waals surface area contributed by atoms with Gasteiger partial charge in [-0.15, -0.1) is 0 Å². The van der Waals surface area contributed by atoms with Gasteiger partial charge in [0.1, 0.15) is 22.7 Å². The summed E-state index contributed by atoms with van der Waals surface area (Å²) >= 11 is 6.58. The van der Waals surface area contributed by atoms with Crippen molar-refractivity contribution < 1.29 is 32.7 Å². The number of rotatable bonds is 14. The number of ether oxygens (including phenoxy) is 2. The van der Waals surface area contributed by atoms with Crippen LogP contribution in [0.15, 0.2) is 42.5 Å². The van der Waals surface area contributed by atoms with Crippen LogP contribution in [0, 0.1) is 5.82 Å². The SMILES string of the molecule is CC(C)[Si](OC(CNC(=O)OC(C)(C)C)C[C@@H](CNC(=O)c1[nH]c2ccc(F)cc2c1-c1ccccc1Cl)NC(=O)OC(C)(C)C)(C(C)C)C(C)C. The topological polar surface area (TPSA) is 131 Å². The van der Waals surface area contributed by atoms with E-state index in [9.17, 15) is 18.8 Å². The van der Waals surface area contributed by atoms with Crippen molar-refractivity contribution in [2.24, 2.45) is 0 Å². The quantitative estimate of drug-likeness (QED) is 0.121. The summed E-state index contributed by atoms with van der Waals surface area (Å²) in [6.45, 7) is 23.8. The van der Waals surface area contributed by atoms with Gasteiger partial charge in [-0.25, -0.2) is 14.0 Å². The zero-order chi connectivity index (χ0) is 39.2. The highest BCUT2D eigenvalue weighted by Crippen LogP contribution is 2.43. The number of aromatic amines is 1. The van der Waals surface area contributed by atoms with Crippen LogP contribution >= 0.6 is 11.6 Å². The van der Waals surface area contributed by atoms with Gasteiger partial charge in [-0.1, -0.05) is 71.3 Å². The summed E-state index contributed by atoms with van der Waals surface area (Å²) in [6.07, 6.45) is -1.58. The summed E-state index contributed by atoms with van der Waals surface area (Å²) < 4.78 is 32.8. The van der Waals surface area contributed by atoms with Crippen molar-refractivity contribution in [2.45, 2.75) is 129 Å². The van der Waals surface area contributed by atoms with Crippen molar-refractivity contribution in [3.63, 3.8) is 0 Å². The monoisotopic (exact) mass is 760 g/mol. The number of halogens is 2. The number of carbonyl (C=O) groups is 3.